The van der Waals surface area contributed by atoms with Crippen LogP contribution in [-0.4, -0.2) is 24.0 Å². The van der Waals surface area contributed by atoms with Gasteiger partial charge in [-0.1, -0.05) is 19.8 Å². The normalized spacial score (nSPS) is 10.0. The third-order valence-corrected chi connectivity index (χ3v) is 2.50. The smallest absolute Gasteiger partial charge is 0.253 e. The molecule has 0 aliphatic heterocycles. The molecule has 1 aromatic heterocycles. The maximum Gasteiger partial charge on any atom is 0.253 e. The summed E-state index contributed by atoms with van der Waals surface area (Å²) in [6.45, 7) is 5.66. The lowest BCUT2D eigenvalue weighted by Gasteiger charge is -2.10. The summed E-state index contributed by atoms with van der Waals surface area (Å²) in [7, 11) is 0. The minimum absolute atomic E-state index is 0.0283. The number of hydrogen-bond acceptors (Lipinski definition) is 3. The first kappa shape index (κ1) is 13.5. The molecule has 1 amide bonds. The predicted molar refractivity (Wildman–Crippen MR) is 70.3 cm³/mol. The minimum atomic E-state index is -0.0283. The molecule has 0 bridgehead atoms. The summed E-state index contributed by atoms with van der Waals surface area (Å²) >= 11 is 0. The molecule has 0 saturated heterocycles. The van der Waals surface area contributed by atoms with Gasteiger partial charge >= 0.3 is 0 Å². The topological polar surface area (TPSA) is 54.0 Å². The van der Waals surface area contributed by atoms with Gasteiger partial charge in [0.25, 0.3) is 5.91 Å². The Morgan fingerprint density at radius 1 is 1.35 bits per heavy atom. The molecule has 0 radical (unpaired) electrons. The molecule has 1 aromatic rings. The van der Waals surface area contributed by atoms with Gasteiger partial charge in [-0.15, -0.1) is 0 Å². The zero-order valence-corrected chi connectivity index (χ0v) is 10.6. The molecule has 0 saturated carbocycles. The van der Waals surface area contributed by atoms with E-state index in [1.807, 2.05) is 6.92 Å². The fraction of sp³-hybridized carbons (Fsp3) is 0.538. The largest absolute Gasteiger partial charge is 0.383 e. The lowest BCUT2D eigenvalue weighted by atomic mass is 10.2. The van der Waals surface area contributed by atoms with Gasteiger partial charge in [-0.3, -0.25) is 9.78 Å². The second kappa shape index (κ2) is 7.65. The SMILES string of the molecule is CCCCCNC(=O)c1ccncc1NCC. The van der Waals surface area contributed by atoms with Gasteiger partial charge in [-0.2, -0.15) is 0 Å². The number of hydrogen-bond donors (Lipinski definition) is 2. The highest BCUT2D eigenvalue weighted by atomic mass is 16.1. The molecule has 0 atom stereocenters. The van der Waals surface area contributed by atoms with Crippen LogP contribution >= 0.6 is 0 Å². The van der Waals surface area contributed by atoms with E-state index in [1.165, 1.54) is 0 Å². The molecule has 2 N–H and O–H groups in total. The van der Waals surface area contributed by atoms with Crippen molar-refractivity contribution in [1.29, 1.82) is 0 Å². The fourth-order valence-corrected chi connectivity index (χ4v) is 1.60. The van der Waals surface area contributed by atoms with E-state index in [2.05, 4.69) is 22.5 Å². The summed E-state index contributed by atoms with van der Waals surface area (Å²) in [4.78, 5) is 15.9. The number of aromatic nitrogens is 1. The van der Waals surface area contributed by atoms with E-state index in [1.54, 1.807) is 18.5 Å². The van der Waals surface area contributed by atoms with Gasteiger partial charge in [0.15, 0.2) is 0 Å². The molecule has 4 nitrogen and oxygen atoms in total. The Balaban J connectivity index is 2.55. The van der Waals surface area contributed by atoms with E-state index < -0.39 is 0 Å². The highest BCUT2D eigenvalue weighted by Crippen LogP contribution is 2.12. The molecule has 0 aliphatic rings. The highest BCUT2D eigenvalue weighted by Gasteiger charge is 2.09. The molecular formula is C13H21N3O. The number of pyridine rings is 1. The Hall–Kier alpha value is -1.58. The van der Waals surface area contributed by atoms with E-state index >= 15 is 0 Å². The number of carbonyl (C=O) groups excluding carboxylic acids is 1. The molecule has 17 heavy (non-hydrogen) atoms. The monoisotopic (exact) mass is 235 g/mol. The van der Waals surface area contributed by atoms with E-state index in [0.717, 1.165) is 38.0 Å². The van der Waals surface area contributed by atoms with Crippen molar-refractivity contribution in [3.05, 3.63) is 24.0 Å². The molecule has 0 spiro atoms. The van der Waals surface area contributed by atoms with Crippen molar-refractivity contribution in [3.8, 4) is 0 Å². The quantitative estimate of drug-likeness (QED) is 0.714. The van der Waals surface area contributed by atoms with Gasteiger partial charge in [-0.25, -0.2) is 0 Å². The van der Waals surface area contributed by atoms with E-state index in [9.17, 15) is 4.79 Å². The summed E-state index contributed by atoms with van der Waals surface area (Å²) in [6, 6.07) is 1.74. The van der Waals surface area contributed by atoms with Crippen LogP contribution in [0.5, 0.6) is 0 Å². The number of nitrogens with one attached hydrogen (secondary N) is 2. The molecule has 0 aromatic carbocycles. The van der Waals surface area contributed by atoms with Crippen molar-refractivity contribution in [2.24, 2.45) is 0 Å². The van der Waals surface area contributed by atoms with Crippen LogP contribution in [0.4, 0.5) is 5.69 Å². The predicted octanol–water partition coefficient (Wildman–Crippen LogP) is 2.43. The Morgan fingerprint density at radius 3 is 2.88 bits per heavy atom. The second-order valence-electron chi connectivity index (χ2n) is 3.91. The van der Waals surface area contributed by atoms with Gasteiger partial charge < -0.3 is 10.6 Å². The van der Waals surface area contributed by atoms with Crippen molar-refractivity contribution in [1.82, 2.24) is 10.3 Å². The first-order chi connectivity index (χ1) is 8.29. The van der Waals surface area contributed by atoms with Crippen molar-refractivity contribution >= 4 is 11.6 Å². The number of carbonyl (C=O) groups is 1. The van der Waals surface area contributed by atoms with Crippen molar-refractivity contribution in [2.45, 2.75) is 33.1 Å². The molecular weight excluding hydrogens is 214 g/mol. The molecule has 0 unspecified atom stereocenters. The third-order valence-electron chi connectivity index (χ3n) is 2.50. The number of amides is 1. The van der Waals surface area contributed by atoms with Crippen LogP contribution in [0.2, 0.25) is 0 Å². The lowest BCUT2D eigenvalue weighted by Crippen LogP contribution is -2.25. The third kappa shape index (κ3) is 4.43. The summed E-state index contributed by atoms with van der Waals surface area (Å²) < 4.78 is 0. The second-order valence-corrected chi connectivity index (χ2v) is 3.91. The van der Waals surface area contributed by atoms with E-state index in [-0.39, 0.29) is 5.91 Å². The maximum atomic E-state index is 11.9. The van der Waals surface area contributed by atoms with Gasteiger partial charge in [0.1, 0.15) is 0 Å². The van der Waals surface area contributed by atoms with Crippen LogP contribution in [0.15, 0.2) is 18.5 Å². The van der Waals surface area contributed by atoms with Gasteiger partial charge in [0, 0.05) is 19.3 Å². The Bertz CT molecular complexity index is 352. The van der Waals surface area contributed by atoms with Crippen molar-refractivity contribution in [3.63, 3.8) is 0 Å². The average molecular weight is 235 g/mol. The van der Waals surface area contributed by atoms with Gasteiger partial charge in [0.05, 0.1) is 17.4 Å². The highest BCUT2D eigenvalue weighted by molar-refractivity contribution is 5.99. The minimum Gasteiger partial charge on any atom is -0.383 e. The molecule has 0 aliphatic carbocycles. The summed E-state index contributed by atoms with van der Waals surface area (Å²) in [6.07, 6.45) is 6.67. The zero-order chi connectivity index (χ0) is 12.5. The first-order valence-electron chi connectivity index (χ1n) is 6.25. The van der Waals surface area contributed by atoms with E-state index in [0.29, 0.717) is 5.56 Å². The van der Waals surface area contributed by atoms with Crippen molar-refractivity contribution < 1.29 is 4.79 Å². The Morgan fingerprint density at radius 2 is 2.18 bits per heavy atom. The number of nitrogens with zero attached hydrogens (tertiary/aromatic N) is 1. The van der Waals surface area contributed by atoms with Gasteiger partial charge in [-0.05, 0) is 19.4 Å². The number of anilines is 1. The van der Waals surface area contributed by atoms with Crippen LogP contribution in [0.1, 0.15) is 43.5 Å². The summed E-state index contributed by atoms with van der Waals surface area (Å²) in [5.74, 6) is -0.0283. The molecule has 94 valence electrons. The van der Waals surface area contributed by atoms with Crippen LogP contribution in [-0.2, 0) is 0 Å². The van der Waals surface area contributed by atoms with Crippen LogP contribution in [0, 0.1) is 0 Å². The average Bonchev–Trinajstić information content (AvgIpc) is 2.35. The van der Waals surface area contributed by atoms with Crippen LogP contribution in [0.25, 0.3) is 0 Å². The summed E-state index contributed by atoms with van der Waals surface area (Å²) in [5.41, 5.74) is 1.46. The van der Waals surface area contributed by atoms with E-state index in [4.69, 9.17) is 0 Å². The standard InChI is InChI=1S/C13H21N3O/c1-3-5-6-8-16-13(17)11-7-9-14-10-12(11)15-4-2/h7,9-10,15H,3-6,8H2,1-2H3,(H,16,17). The number of rotatable bonds is 7. The van der Waals surface area contributed by atoms with Crippen LogP contribution in [0.3, 0.4) is 0 Å². The molecule has 0 fully saturated rings. The fourth-order valence-electron chi connectivity index (χ4n) is 1.60. The zero-order valence-electron chi connectivity index (χ0n) is 10.6. The molecule has 1 rings (SSSR count). The summed E-state index contributed by atoms with van der Waals surface area (Å²) in [5, 5.41) is 6.06. The maximum absolute atomic E-state index is 11.9. The van der Waals surface area contributed by atoms with Crippen LogP contribution < -0.4 is 10.6 Å². The number of unbranched alkanes of at least 4 members (excludes halogenated alkanes) is 2. The Kier molecular flexibility index (Phi) is 6.07. The molecule has 1 heterocycles. The first-order valence-corrected chi connectivity index (χ1v) is 6.25. The Labute approximate surface area is 103 Å². The van der Waals surface area contributed by atoms with Crippen molar-refractivity contribution in [2.75, 3.05) is 18.4 Å². The molecule has 4 heteroatoms. The van der Waals surface area contributed by atoms with Gasteiger partial charge in [0.2, 0.25) is 0 Å². The lowest BCUT2D eigenvalue weighted by molar-refractivity contribution is 0.0953.